The molecule has 1 aliphatic carbocycles. The van der Waals surface area contributed by atoms with Crippen LogP contribution in [0.3, 0.4) is 0 Å². The maximum absolute atomic E-state index is 10.5. The first-order valence-corrected chi connectivity index (χ1v) is 6.17. The van der Waals surface area contributed by atoms with E-state index in [1.54, 1.807) is 0 Å². The van der Waals surface area contributed by atoms with Gasteiger partial charge in [-0.05, 0) is 38.0 Å². The van der Waals surface area contributed by atoms with Gasteiger partial charge in [-0.2, -0.15) is 0 Å². The minimum atomic E-state index is -0.549. The smallest absolute Gasteiger partial charge is 0.0931 e. The van der Waals surface area contributed by atoms with Crippen LogP contribution in [0.5, 0.6) is 0 Å². The van der Waals surface area contributed by atoms with Crippen molar-refractivity contribution in [3.05, 3.63) is 0 Å². The van der Waals surface area contributed by atoms with Crippen molar-refractivity contribution in [3.63, 3.8) is 0 Å². The molecule has 1 saturated carbocycles. The molecule has 3 heteroatoms. The van der Waals surface area contributed by atoms with Crippen LogP contribution < -0.4 is 0 Å². The molecule has 2 saturated heterocycles. The first-order chi connectivity index (χ1) is 7.23. The van der Waals surface area contributed by atoms with Crippen molar-refractivity contribution in [1.82, 2.24) is 0 Å². The summed E-state index contributed by atoms with van der Waals surface area (Å²) >= 11 is 0. The average Bonchev–Trinajstić information content (AvgIpc) is 2.65. The van der Waals surface area contributed by atoms with Crippen LogP contribution in [0, 0.1) is 5.92 Å². The van der Waals surface area contributed by atoms with Crippen molar-refractivity contribution in [2.24, 2.45) is 5.92 Å². The Hall–Kier alpha value is -0.120. The van der Waals surface area contributed by atoms with Crippen molar-refractivity contribution < 1.29 is 14.6 Å². The minimum absolute atomic E-state index is 0.140. The lowest BCUT2D eigenvalue weighted by molar-refractivity contribution is -0.174. The Bertz CT molecular complexity index is 241. The standard InChI is InChI=1S/C12H20O3/c13-12(5-7-14-9-12)10-2-6-15-11(8-10)3-1-4-11/h10,13H,1-9H2. The fraction of sp³-hybridized carbons (Fsp3) is 1.00. The van der Waals surface area contributed by atoms with E-state index in [1.807, 2.05) is 0 Å². The normalized spacial score (nSPS) is 44.2. The molecule has 0 bridgehead atoms. The van der Waals surface area contributed by atoms with Gasteiger partial charge in [-0.3, -0.25) is 0 Å². The maximum atomic E-state index is 10.5. The third-order valence-electron chi connectivity index (χ3n) is 4.55. The summed E-state index contributed by atoms with van der Waals surface area (Å²) in [6.45, 7) is 2.08. The van der Waals surface area contributed by atoms with E-state index >= 15 is 0 Å². The van der Waals surface area contributed by atoms with E-state index in [0.29, 0.717) is 12.5 Å². The molecule has 2 heterocycles. The summed E-state index contributed by atoms with van der Waals surface area (Å²) in [4.78, 5) is 0. The van der Waals surface area contributed by atoms with Gasteiger partial charge >= 0.3 is 0 Å². The molecule has 2 atom stereocenters. The largest absolute Gasteiger partial charge is 0.387 e. The van der Waals surface area contributed by atoms with Crippen molar-refractivity contribution in [2.75, 3.05) is 19.8 Å². The third kappa shape index (κ3) is 1.61. The van der Waals surface area contributed by atoms with E-state index in [9.17, 15) is 5.11 Å². The molecule has 0 aromatic heterocycles. The molecular formula is C12H20O3. The summed E-state index contributed by atoms with van der Waals surface area (Å²) in [5.41, 5.74) is -0.409. The van der Waals surface area contributed by atoms with E-state index in [1.165, 1.54) is 19.3 Å². The Morgan fingerprint density at radius 3 is 2.60 bits per heavy atom. The van der Waals surface area contributed by atoms with Crippen LogP contribution in [0.25, 0.3) is 0 Å². The minimum Gasteiger partial charge on any atom is -0.387 e. The van der Waals surface area contributed by atoms with E-state index in [-0.39, 0.29) is 5.60 Å². The highest BCUT2D eigenvalue weighted by molar-refractivity contribution is 5.00. The predicted octanol–water partition coefficient (Wildman–Crippen LogP) is 1.49. The Labute approximate surface area is 90.8 Å². The first-order valence-electron chi connectivity index (χ1n) is 6.17. The maximum Gasteiger partial charge on any atom is 0.0931 e. The summed E-state index contributed by atoms with van der Waals surface area (Å²) in [6, 6.07) is 0. The molecule has 3 nitrogen and oxygen atoms in total. The lowest BCUT2D eigenvalue weighted by atomic mass is 9.67. The van der Waals surface area contributed by atoms with Gasteiger partial charge in [0.05, 0.1) is 17.8 Å². The Morgan fingerprint density at radius 2 is 2.00 bits per heavy atom. The monoisotopic (exact) mass is 212 g/mol. The number of rotatable bonds is 1. The van der Waals surface area contributed by atoms with Crippen molar-refractivity contribution in [1.29, 1.82) is 0 Å². The molecule has 0 aromatic carbocycles. The van der Waals surface area contributed by atoms with Gasteiger partial charge in [0, 0.05) is 19.6 Å². The molecule has 1 N–H and O–H groups in total. The summed E-state index contributed by atoms with van der Waals surface area (Å²) in [5, 5.41) is 10.5. The number of aliphatic hydroxyl groups is 1. The summed E-state index contributed by atoms with van der Waals surface area (Å²) < 4.78 is 11.2. The summed E-state index contributed by atoms with van der Waals surface area (Å²) in [6.07, 6.45) is 6.55. The van der Waals surface area contributed by atoms with E-state index < -0.39 is 5.60 Å². The van der Waals surface area contributed by atoms with Gasteiger partial charge in [0.1, 0.15) is 0 Å². The number of ether oxygens (including phenoxy) is 2. The molecule has 0 amide bonds. The van der Waals surface area contributed by atoms with Gasteiger partial charge in [-0.1, -0.05) is 0 Å². The molecule has 2 unspecified atom stereocenters. The van der Waals surface area contributed by atoms with Crippen LogP contribution in [0.15, 0.2) is 0 Å². The molecule has 0 radical (unpaired) electrons. The van der Waals surface area contributed by atoms with Crippen molar-refractivity contribution >= 4 is 0 Å². The third-order valence-corrected chi connectivity index (χ3v) is 4.55. The SMILES string of the molecule is OC1(C2CCOC3(CCC3)C2)CCOC1. The Morgan fingerprint density at radius 1 is 1.13 bits per heavy atom. The van der Waals surface area contributed by atoms with Gasteiger partial charge in [0.25, 0.3) is 0 Å². The zero-order valence-corrected chi connectivity index (χ0v) is 9.21. The second-order valence-electron chi connectivity index (χ2n) is 5.48. The number of hydrogen-bond acceptors (Lipinski definition) is 3. The van der Waals surface area contributed by atoms with Crippen molar-refractivity contribution in [2.45, 2.75) is 49.7 Å². The van der Waals surface area contributed by atoms with Gasteiger partial charge < -0.3 is 14.6 Å². The van der Waals surface area contributed by atoms with Gasteiger partial charge in [0.2, 0.25) is 0 Å². The molecule has 3 aliphatic rings. The van der Waals surface area contributed by atoms with Crippen molar-refractivity contribution in [3.8, 4) is 0 Å². The second-order valence-corrected chi connectivity index (χ2v) is 5.48. The van der Waals surface area contributed by atoms with Crippen LogP contribution in [0.4, 0.5) is 0 Å². The van der Waals surface area contributed by atoms with Crippen LogP contribution in [-0.2, 0) is 9.47 Å². The molecule has 86 valence electrons. The summed E-state index contributed by atoms with van der Waals surface area (Å²) in [5.74, 6) is 0.397. The molecule has 3 rings (SSSR count). The molecular weight excluding hydrogens is 192 g/mol. The lowest BCUT2D eigenvalue weighted by Gasteiger charge is -2.50. The zero-order chi connectivity index (χ0) is 10.4. The number of hydrogen-bond donors (Lipinski definition) is 1. The van der Waals surface area contributed by atoms with Gasteiger partial charge in [-0.15, -0.1) is 0 Å². The Balaban J connectivity index is 1.70. The highest BCUT2D eigenvalue weighted by atomic mass is 16.5. The van der Waals surface area contributed by atoms with Crippen LogP contribution >= 0.6 is 0 Å². The lowest BCUT2D eigenvalue weighted by Crippen LogP contribution is -2.52. The second kappa shape index (κ2) is 3.44. The fourth-order valence-corrected chi connectivity index (χ4v) is 3.30. The van der Waals surface area contributed by atoms with Gasteiger partial charge in [-0.25, -0.2) is 0 Å². The highest BCUT2D eigenvalue weighted by Gasteiger charge is 2.49. The van der Waals surface area contributed by atoms with Gasteiger partial charge in [0.15, 0.2) is 0 Å². The highest BCUT2D eigenvalue weighted by Crippen LogP contribution is 2.48. The van der Waals surface area contributed by atoms with Crippen LogP contribution in [-0.4, -0.2) is 36.1 Å². The van der Waals surface area contributed by atoms with E-state index in [4.69, 9.17) is 9.47 Å². The first kappa shape index (κ1) is 10.1. The molecule has 15 heavy (non-hydrogen) atoms. The van der Waals surface area contributed by atoms with E-state index in [0.717, 1.165) is 32.5 Å². The predicted molar refractivity (Wildman–Crippen MR) is 55.6 cm³/mol. The van der Waals surface area contributed by atoms with Crippen LogP contribution in [0.2, 0.25) is 0 Å². The zero-order valence-electron chi connectivity index (χ0n) is 9.21. The fourth-order valence-electron chi connectivity index (χ4n) is 3.30. The average molecular weight is 212 g/mol. The topological polar surface area (TPSA) is 38.7 Å². The molecule has 0 aromatic rings. The molecule has 3 fully saturated rings. The molecule has 1 spiro atoms. The quantitative estimate of drug-likeness (QED) is 0.715. The molecule has 2 aliphatic heterocycles. The summed E-state index contributed by atoms with van der Waals surface area (Å²) in [7, 11) is 0. The van der Waals surface area contributed by atoms with Crippen LogP contribution in [0.1, 0.15) is 38.5 Å². The van der Waals surface area contributed by atoms with E-state index in [2.05, 4.69) is 0 Å². The Kier molecular flexibility index (Phi) is 2.31.